The average Bonchev–Trinajstić information content (AvgIpc) is 2.64. The highest BCUT2D eigenvalue weighted by Gasteiger charge is 2.11. The number of thiophene rings is 1. The summed E-state index contributed by atoms with van der Waals surface area (Å²) in [7, 11) is 0. The molecule has 0 amide bonds. The largest absolute Gasteiger partial charge is 0.324 e. The second-order valence-electron chi connectivity index (χ2n) is 3.72. The first-order chi connectivity index (χ1) is 7.66. The fourth-order valence-corrected chi connectivity index (χ4v) is 3.19. The van der Waals surface area contributed by atoms with Crippen LogP contribution < -0.4 is 5.73 Å². The van der Waals surface area contributed by atoms with Gasteiger partial charge in [0.1, 0.15) is 0 Å². The standard InChI is InChI=1S/C12H13BrN2S/c1-8-11(3-2-4-15-8)12(14)6-10-5-9(13)7-16-10/h2-5,7,12H,6,14H2,1H3. The molecule has 0 saturated heterocycles. The van der Waals surface area contributed by atoms with Gasteiger partial charge in [0.05, 0.1) is 0 Å². The Morgan fingerprint density at radius 2 is 2.38 bits per heavy atom. The van der Waals surface area contributed by atoms with Crippen LogP contribution in [0.2, 0.25) is 0 Å². The van der Waals surface area contributed by atoms with E-state index in [0.717, 1.165) is 22.2 Å². The Bertz CT molecular complexity index is 481. The van der Waals surface area contributed by atoms with E-state index in [0.29, 0.717) is 0 Å². The number of hydrogen-bond acceptors (Lipinski definition) is 3. The van der Waals surface area contributed by atoms with Gasteiger partial charge < -0.3 is 5.73 Å². The molecule has 0 aliphatic carbocycles. The van der Waals surface area contributed by atoms with Crippen LogP contribution in [-0.2, 0) is 6.42 Å². The van der Waals surface area contributed by atoms with Crippen LogP contribution in [0.1, 0.15) is 22.2 Å². The lowest BCUT2D eigenvalue weighted by Gasteiger charge is -2.12. The molecule has 0 fully saturated rings. The van der Waals surface area contributed by atoms with E-state index < -0.39 is 0 Å². The lowest BCUT2D eigenvalue weighted by molar-refractivity contribution is 0.718. The van der Waals surface area contributed by atoms with Crippen LogP contribution in [0.25, 0.3) is 0 Å². The van der Waals surface area contributed by atoms with Crippen molar-refractivity contribution in [2.45, 2.75) is 19.4 Å². The quantitative estimate of drug-likeness (QED) is 0.942. The minimum Gasteiger partial charge on any atom is -0.324 e. The number of aromatic nitrogens is 1. The highest BCUT2D eigenvalue weighted by molar-refractivity contribution is 9.10. The zero-order valence-electron chi connectivity index (χ0n) is 8.98. The van der Waals surface area contributed by atoms with Crippen LogP contribution in [-0.4, -0.2) is 4.98 Å². The molecule has 0 saturated carbocycles. The van der Waals surface area contributed by atoms with Gasteiger partial charge in [-0.1, -0.05) is 6.07 Å². The second-order valence-corrected chi connectivity index (χ2v) is 5.63. The Balaban J connectivity index is 2.14. The highest BCUT2D eigenvalue weighted by Crippen LogP contribution is 2.25. The third-order valence-corrected chi connectivity index (χ3v) is 4.21. The summed E-state index contributed by atoms with van der Waals surface area (Å²) in [4.78, 5) is 5.56. The van der Waals surface area contributed by atoms with Crippen LogP contribution in [0.5, 0.6) is 0 Å². The highest BCUT2D eigenvalue weighted by atomic mass is 79.9. The van der Waals surface area contributed by atoms with E-state index in [-0.39, 0.29) is 6.04 Å². The number of pyridine rings is 1. The molecular weight excluding hydrogens is 284 g/mol. The Hall–Kier alpha value is -0.710. The lowest BCUT2D eigenvalue weighted by atomic mass is 10.0. The van der Waals surface area contributed by atoms with Crippen molar-refractivity contribution in [2.24, 2.45) is 5.73 Å². The number of nitrogens with zero attached hydrogens (tertiary/aromatic N) is 1. The first-order valence-corrected chi connectivity index (χ1v) is 6.74. The first-order valence-electron chi connectivity index (χ1n) is 5.07. The zero-order valence-corrected chi connectivity index (χ0v) is 11.4. The van der Waals surface area contributed by atoms with Crippen molar-refractivity contribution in [3.05, 3.63) is 50.4 Å². The summed E-state index contributed by atoms with van der Waals surface area (Å²) < 4.78 is 1.13. The molecule has 2 aromatic rings. The Morgan fingerprint density at radius 1 is 1.56 bits per heavy atom. The lowest BCUT2D eigenvalue weighted by Crippen LogP contribution is -2.14. The fourth-order valence-electron chi connectivity index (χ4n) is 1.68. The summed E-state index contributed by atoms with van der Waals surface area (Å²) in [6, 6.07) is 6.14. The molecule has 4 heteroatoms. The maximum atomic E-state index is 6.19. The van der Waals surface area contributed by atoms with Gasteiger partial charge in [0, 0.05) is 39.1 Å². The van der Waals surface area contributed by atoms with E-state index in [1.165, 1.54) is 4.88 Å². The number of aryl methyl sites for hydroxylation is 1. The molecule has 2 heterocycles. The smallest absolute Gasteiger partial charge is 0.0420 e. The van der Waals surface area contributed by atoms with Gasteiger partial charge in [0.25, 0.3) is 0 Å². The van der Waals surface area contributed by atoms with E-state index in [1.54, 1.807) is 17.5 Å². The summed E-state index contributed by atoms with van der Waals surface area (Å²) >= 11 is 5.18. The van der Waals surface area contributed by atoms with E-state index in [2.05, 4.69) is 38.4 Å². The topological polar surface area (TPSA) is 38.9 Å². The number of hydrogen-bond donors (Lipinski definition) is 1. The molecular formula is C12H13BrN2S. The molecule has 2 aromatic heterocycles. The normalized spacial score (nSPS) is 12.7. The molecule has 1 atom stereocenters. The monoisotopic (exact) mass is 296 g/mol. The summed E-state index contributed by atoms with van der Waals surface area (Å²) in [5.41, 5.74) is 8.34. The molecule has 16 heavy (non-hydrogen) atoms. The Labute approximate surface area is 108 Å². The predicted molar refractivity (Wildman–Crippen MR) is 71.6 cm³/mol. The first kappa shape index (κ1) is 11.8. The molecule has 0 aliphatic rings. The average molecular weight is 297 g/mol. The summed E-state index contributed by atoms with van der Waals surface area (Å²) in [5.74, 6) is 0. The van der Waals surface area contributed by atoms with Crippen LogP contribution in [0.15, 0.2) is 34.2 Å². The Kier molecular flexibility index (Phi) is 3.74. The van der Waals surface area contributed by atoms with Crippen molar-refractivity contribution in [3.8, 4) is 0 Å². The van der Waals surface area contributed by atoms with Crippen LogP contribution in [0.3, 0.4) is 0 Å². The summed E-state index contributed by atoms with van der Waals surface area (Å²) in [6.45, 7) is 2.00. The van der Waals surface area contributed by atoms with Gasteiger partial charge in [-0.25, -0.2) is 0 Å². The number of halogens is 1. The van der Waals surface area contributed by atoms with Gasteiger partial charge in [-0.2, -0.15) is 0 Å². The minimum atomic E-state index is 0.0271. The van der Waals surface area contributed by atoms with E-state index in [4.69, 9.17) is 5.73 Å². The Morgan fingerprint density at radius 3 is 3.00 bits per heavy atom. The van der Waals surface area contributed by atoms with E-state index in [9.17, 15) is 0 Å². The minimum absolute atomic E-state index is 0.0271. The maximum Gasteiger partial charge on any atom is 0.0420 e. The molecule has 0 bridgehead atoms. The van der Waals surface area contributed by atoms with Gasteiger partial charge >= 0.3 is 0 Å². The maximum absolute atomic E-state index is 6.19. The number of nitrogens with two attached hydrogens (primary N) is 1. The molecule has 0 spiro atoms. The van der Waals surface area contributed by atoms with Crippen LogP contribution in [0.4, 0.5) is 0 Å². The summed E-state index contributed by atoms with van der Waals surface area (Å²) in [5, 5.41) is 2.08. The van der Waals surface area contributed by atoms with Gasteiger partial charge in [-0.15, -0.1) is 11.3 Å². The molecule has 2 N–H and O–H groups in total. The summed E-state index contributed by atoms with van der Waals surface area (Å²) in [6.07, 6.45) is 2.66. The molecule has 0 radical (unpaired) electrons. The molecule has 2 rings (SSSR count). The van der Waals surface area contributed by atoms with Gasteiger partial charge in [0.15, 0.2) is 0 Å². The van der Waals surface area contributed by atoms with Crippen molar-refractivity contribution in [3.63, 3.8) is 0 Å². The molecule has 1 unspecified atom stereocenters. The third-order valence-electron chi connectivity index (χ3n) is 2.49. The number of rotatable bonds is 3. The predicted octanol–water partition coefficient (Wildman–Crippen LogP) is 3.46. The molecule has 84 valence electrons. The zero-order chi connectivity index (χ0) is 11.5. The molecule has 0 aliphatic heterocycles. The van der Waals surface area contributed by atoms with Crippen molar-refractivity contribution >= 4 is 27.3 Å². The van der Waals surface area contributed by atoms with Gasteiger partial charge in [-0.05, 0) is 40.5 Å². The molecule has 2 nitrogen and oxygen atoms in total. The third kappa shape index (κ3) is 2.70. The van der Waals surface area contributed by atoms with Crippen molar-refractivity contribution in [2.75, 3.05) is 0 Å². The van der Waals surface area contributed by atoms with Crippen molar-refractivity contribution < 1.29 is 0 Å². The van der Waals surface area contributed by atoms with E-state index in [1.807, 2.05) is 13.0 Å². The fraction of sp³-hybridized carbons (Fsp3) is 0.250. The van der Waals surface area contributed by atoms with Crippen LogP contribution in [0, 0.1) is 6.92 Å². The second kappa shape index (κ2) is 5.08. The van der Waals surface area contributed by atoms with Gasteiger partial charge in [-0.3, -0.25) is 4.98 Å². The van der Waals surface area contributed by atoms with Crippen molar-refractivity contribution in [1.29, 1.82) is 0 Å². The molecule has 0 aromatic carbocycles. The van der Waals surface area contributed by atoms with Gasteiger partial charge in [0.2, 0.25) is 0 Å². The van der Waals surface area contributed by atoms with Crippen LogP contribution >= 0.6 is 27.3 Å². The SMILES string of the molecule is Cc1ncccc1C(N)Cc1cc(Br)cs1. The van der Waals surface area contributed by atoms with E-state index >= 15 is 0 Å². The van der Waals surface area contributed by atoms with Crippen molar-refractivity contribution in [1.82, 2.24) is 4.98 Å².